The predicted octanol–water partition coefficient (Wildman–Crippen LogP) is 16.1. The van der Waals surface area contributed by atoms with Crippen molar-refractivity contribution < 1.29 is 20.1 Å². The number of rotatable bonds is 10. The zero-order valence-electron chi connectivity index (χ0n) is 41.1. The van der Waals surface area contributed by atoms with Crippen molar-refractivity contribution in [3.05, 3.63) is 162 Å². The van der Waals surface area contributed by atoms with Crippen LogP contribution in [0.3, 0.4) is 0 Å². The van der Waals surface area contributed by atoms with Crippen LogP contribution in [0.5, 0.6) is 0 Å². The molecule has 6 aromatic carbocycles. The molecule has 0 unspecified atom stereocenters. The molecule has 9 aromatic rings. The van der Waals surface area contributed by atoms with E-state index in [4.69, 9.17) is 9.97 Å². The van der Waals surface area contributed by atoms with Crippen LogP contribution < -0.4 is 10.4 Å². The van der Waals surface area contributed by atoms with E-state index in [1.807, 2.05) is 23.5 Å². The summed E-state index contributed by atoms with van der Waals surface area (Å²) in [6, 6.07) is 53.2. The Labute approximate surface area is 419 Å². The molecule has 1 fully saturated rings. The average Bonchev–Trinajstić information content (AvgIpc) is 4.06. The van der Waals surface area contributed by atoms with E-state index < -0.39 is 16.1 Å². The summed E-state index contributed by atoms with van der Waals surface area (Å²) >= 11 is 1.86. The minimum atomic E-state index is -1.45. The summed E-state index contributed by atoms with van der Waals surface area (Å²) in [5.74, 6) is 2.48. The molecule has 1 radical (unpaired) electrons. The molecule has 7 heteroatoms. The van der Waals surface area contributed by atoms with Gasteiger partial charge >= 0.3 is 0 Å². The van der Waals surface area contributed by atoms with Crippen LogP contribution >= 0.6 is 11.3 Å². The van der Waals surface area contributed by atoms with Crippen molar-refractivity contribution >= 4 is 69.1 Å². The molecule has 10 rings (SSSR count). The SMILES string of the molecule is CC(C)c1cc(-c2ccccc2)cc(C(C)C)c1-n1c(-c2[c-]cc3sc4ccc([Si](C)(C)C)cc4c3c2)nc2ccccc21.C[Si](C)(C)c1cnc(-c2[c-]cccc2)cc1CC1CCCC1.[Ir]. The Morgan fingerprint density at radius 1 is 0.672 bits per heavy atom. The molecule has 67 heavy (non-hydrogen) atoms. The van der Waals surface area contributed by atoms with Crippen LogP contribution in [0.2, 0.25) is 39.3 Å². The minimum absolute atomic E-state index is 0. The van der Waals surface area contributed by atoms with Gasteiger partial charge in [-0.3, -0.25) is 4.98 Å². The number of nitrogens with zero attached hydrogens (tertiary/aromatic N) is 3. The fourth-order valence-electron chi connectivity index (χ4n) is 9.93. The molecule has 0 aliphatic heterocycles. The number of pyridine rings is 1. The first-order chi connectivity index (χ1) is 31.6. The van der Waals surface area contributed by atoms with Crippen LogP contribution in [0.25, 0.3) is 70.7 Å². The van der Waals surface area contributed by atoms with Gasteiger partial charge in [-0.1, -0.05) is 169 Å². The normalized spacial score (nSPS) is 13.4. The van der Waals surface area contributed by atoms with Crippen molar-refractivity contribution in [1.82, 2.24) is 14.5 Å². The van der Waals surface area contributed by atoms with Crippen LogP contribution in [0.1, 0.15) is 81.9 Å². The van der Waals surface area contributed by atoms with Gasteiger partial charge in [0.1, 0.15) is 0 Å². The van der Waals surface area contributed by atoms with Gasteiger partial charge in [-0.05, 0) is 97.7 Å². The number of hydrogen-bond acceptors (Lipinski definition) is 3. The van der Waals surface area contributed by atoms with Crippen LogP contribution in [-0.2, 0) is 26.5 Å². The first-order valence-corrected chi connectivity index (χ1v) is 32.0. The summed E-state index contributed by atoms with van der Waals surface area (Å²) in [5, 5.41) is 5.68. The Morgan fingerprint density at radius 2 is 1.34 bits per heavy atom. The molecule has 0 amide bonds. The molecule has 3 aromatic heterocycles. The largest absolute Gasteiger partial charge is 0.333 e. The molecule has 0 saturated heterocycles. The summed E-state index contributed by atoms with van der Waals surface area (Å²) in [4.78, 5) is 10.1. The van der Waals surface area contributed by atoms with Gasteiger partial charge in [0.15, 0.2) is 0 Å². The van der Waals surface area contributed by atoms with E-state index in [2.05, 4.69) is 205 Å². The van der Waals surface area contributed by atoms with Crippen molar-refractivity contribution in [1.29, 1.82) is 0 Å². The Bertz CT molecular complexity index is 3120. The monoisotopic (exact) mass is 1110 g/mol. The zero-order valence-corrected chi connectivity index (χ0v) is 46.3. The van der Waals surface area contributed by atoms with Gasteiger partial charge in [-0.2, -0.15) is 11.3 Å². The van der Waals surface area contributed by atoms with Gasteiger partial charge < -0.3 is 9.55 Å². The number of benzene rings is 6. The third kappa shape index (κ3) is 10.3. The number of imidazole rings is 1. The second-order valence-electron chi connectivity index (χ2n) is 21.2. The summed E-state index contributed by atoms with van der Waals surface area (Å²) in [6.45, 7) is 23.8. The smallest absolute Gasteiger partial charge is 0.0798 e. The van der Waals surface area contributed by atoms with Crippen molar-refractivity contribution in [3.8, 4) is 39.5 Å². The van der Waals surface area contributed by atoms with Crippen molar-refractivity contribution in [2.45, 2.75) is 111 Å². The van der Waals surface area contributed by atoms with Gasteiger partial charge in [-0.15, -0.1) is 59.7 Å². The van der Waals surface area contributed by atoms with Crippen LogP contribution in [0, 0.1) is 18.1 Å². The third-order valence-electron chi connectivity index (χ3n) is 13.6. The van der Waals surface area contributed by atoms with Gasteiger partial charge in [-0.25, -0.2) is 0 Å². The molecule has 0 N–H and O–H groups in total. The quantitative estimate of drug-likeness (QED) is 0.101. The number of fused-ring (bicyclic) bond motifs is 4. The van der Waals surface area contributed by atoms with E-state index >= 15 is 0 Å². The third-order valence-corrected chi connectivity index (χ3v) is 18.8. The summed E-state index contributed by atoms with van der Waals surface area (Å²) < 4.78 is 5.04. The van der Waals surface area contributed by atoms with Crippen molar-refractivity contribution in [2.24, 2.45) is 5.92 Å². The number of aromatic nitrogens is 3. The summed E-state index contributed by atoms with van der Waals surface area (Å²) in [6.07, 6.45) is 9.03. The van der Waals surface area contributed by atoms with Gasteiger partial charge in [0.05, 0.1) is 33.0 Å². The fraction of sp³-hybridized carbons (Fsp3) is 0.300. The van der Waals surface area contributed by atoms with E-state index in [0.29, 0.717) is 11.8 Å². The van der Waals surface area contributed by atoms with E-state index in [1.165, 1.54) is 85.4 Å². The maximum absolute atomic E-state index is 5.31. The van der Waals surface area contributed by atoms with Gasteiger partial charge in [0.25, 0.3) is 0 Å². The minimum Gasteiger partial charge on any atom is -0.333 e. The number of thiophene rings is 1. The van der Waals surface area contributed by atoms with E-state index in [1.54, 1.807) is 10.8 Å². The molecule has 3 nitrogen and oxygen atoms in total. The molecular formula is C60H65IrN3SSi2-2. The van der Waals surface area contributed by atoms with E-state index in [-0.39, 0.29) is 20.1 Å². The molecule has 3 heterocycles. The Kier molecular flexibility index (Phi) is 14.6. The molecule has 0 spiro atoms. The first-order valence-electron chi connectivity index (χ1n) is 24.2. The zero-order chi connectivity index (χ0) is 46.3. The molecule has 1 aliphatic carbocycles. The Morgan fingerprint density at radius 3 is 2.00 bits per heavy atom. The molecule has 1 aliphatic rings. The maximum Gasteiger partial charge on any atom is 0.0798 e. The van der Waals surface area contributed by atoms with Gasteiger partial charge in [0.2, 0.25) is 0 Å². The first kappa shape index (κ1) is 48.7. The van der Waals surface area contributed by atoms with Crippen molar-refractivity contribution in [3.63, 3.8) is 0 Å². The van der Waals surface area contributed by atoms with Crippen LogP contribution in [-0.4, -0.2) is 30.7 Å². The van der Waals surface area contributed by atoms with Gasteiger partial charge in [0, 0.05) is 36.7 Å². The predicted molar refractivity (Wildman–Crippen MR) is 292 cm³/mol. The van der Waals surface area contributed by atoms with Crippen LogP contribution in [0.15, 0.2) is 134 Å². The fourth-order valence-corrected chi connectivity index (χ4v) is 13.7. The van der Waals surface area contributed by atoms with Crippen LogP contribution in [0.4, 0.5) is 0 Å². The Hall–Kier alpha value is -4.76. The van der Waals surface area contributed by atoms with E-state index in [9.17, 15) is 0 Å². The second-order valence-corrected chi connectivity index (χ2v) is 32.4. The second kappa shape index (κ2) is 20.1. The maximum atomic E-state index is 5.31. The molecular weight excluding hydrogens is 1040 g/mol. The average molecular weight is 1110 g/mol. The standard InChI is InChI=1S/C40H39N2SSi.C20H26NSi.Ir/c1-25(2)31-22-29(27-13-9-8-10-14-27)23-32(26(3)4)39(31)42-36-16-12-11-15-35(36)41-40(42)28-17-19-37-33(21-28)34-24-30(44(5,6)7)18-20-38(34)43-37;1-22(2,3)20-15-21-19(17-11-5-4-6-12-17)14-18(20)13-16-9-7-8-10-16;/h8-16,18-26H,1-7H3;4-6,11,14-16H,7-10,13H2,1-3H3;/q2*-1;. The summed E-state index contributed by atoms with van der Waals surface area (Å²) in [7, 11) is -2.79. The molecule has 0 atom stereocenters. The number of para-hydroxylation sites is 2. The molecule has 0 bridgehead atoms. The van der Waals surface area contributed by atoms with Crippen molar-refractivity contribution in [2.75, 3.05) is 0 Å². The number of hydrogen-bond donors (Lipinski definition) is 0. The Balaban J connectivity index is 0.000000223. The molecule has 345 valence electrons. The van der Waals surface area contributed by atoms with E-state index in [0.717, 1.165) is 39.6 Å². The summed E-state index contributed by atoms with van der Waals surface area (Å²) in [5.41, 5.74) is 13.3. The molecule has 1 saturated carbocycles. The topological polar surface area (TPSA) is 30.7 Å².